The molecule has 0 aliphatic rings. The number of carbonyl (C=O) groups is 2. The fourth-order valence-electron chi connectivity index (χ4n) is 2.10. The number of aromatic nitrogens is 1. The SMILES string of the molecule is COCC(=O)Nc1ccc(C)c(NC(=O)c2cc(Cl)cn2C)c1. The molecule has 0 spiro atoms. The van der Waals surface area contributed by atoms with Crippen molar-refractivity contribution < 1.29 is 14.3 Å². The highest BCUT2D eigenvalue weighted by Gasteiger charge is 2.13. The van der Waals surface area contributed by atoms with E-state index in [1.54, 1.807) is 36.0 Å². The molecule has 2 N–H and O–H groups in total. The average Bonchev–Trinajstić information content (AvgIpc) is 2.81. The second kappa shape index (κ2) is 7.30. The van der Waals surface area contributed by atoms with Crippen LogP contribution in [0.4, 0.5) is 11.4 Å². The predicted octanol–water partition coefficient (Wildman–Crippen LogP) is 2.82. The molecule has 2 rings (SSSR count). The second-order valence-electron chi connectivity index (χ2n) is 5.12. The third-order valence-corrected chi connectivity index (χ3v) is 3.46. The van der Waals surface area contributed by atoms with Gasteiger partial charge < -0.3 is 19.9 Å². The maximum absolute atomic E-state index is 12.3. The summed E-state index contributed by atoms with van der Waals surface area (Å²) in [4.78, 5) is 23.9. The van der Waals surface area contributed by atoms with Crippen LogP contribution in [0.15, 0.2) is 30.5 Å². The summed E-state index contributed by atoms with van der Waals surface area (Å²) in [6, 6.07) is 6.87. The highest BCUT2D eigenvalue weighted by molar-refractivity contribution is 6.31. The van der Waals surface area contributed by atoms with Gasteiger partial charge in [-0.3, -0.25) is 9.59 Å². The fourth-order valence-corrected chi connectivity index (χ4v) is 2.35. The van der Waals surface area contributed by atoms with Gasteiger partial charge in [0.05, 0.1) is 5.02 Å². The van der Waals surface area contributed by atoms with Gasteiger partial charge in [0.1, 0.15) is 12.3 Å². The molecule has 7 heteroatoms. The number of hydrogen-bond acceptors (Lipinski definition) is 3. The number of anilines is 2. The zero-order valence-electron chi connectivity index (χ0n) is 13.1. The fraction of sp³-hybridized carbons (Fsp3) is 0.250. The number of methoxy groups -OCH3 is 1. The molecule has 0 saturated heterocycles. The summed E-state index contributed by atoms with van der Waals surface area (Å²) < 4.78 is 6.42. The summed E-state index contributed by atoms with van der Waals surface area (Å²) in [5.74, 6) is -0.536. The lowest BCUT2D eigenvalue weighted by Gasteiger charge is -2.12. The van der Waals surface area contributed by atoms with Gasteiger partial charge in [0, 0.05) is 31.7 Å². The van der Waals surface area contributed by atoms with Crippen LogP contribution >= 0.6 is 11.6 Å². The number of carbonyl (C=O) groups excluding carboxylic acids is 2. The molecule has 0 unspecified atom stereocenters. The zero-order valence-corrected chi connectivity index (χ0v) is 13.9. The molecule has 6 nitrogen and oxygen atoms in total. The van der Waals surface area contributed by atoms with E-state index >= 15 is 0 Å². The largest absolute Gasteiger partial charge is 0.375 e. The van der Waals surface area contributed by atoms with Crippen LogP contribution in [-0.2, 0) is 16.6 Å². The van der Waals surface area contributed by atoms with E-state index in [0.717, 1.165) is 5.56 Å². The Morgan fingerprint density at radius 2 is 2.00 bits per heavy atom. The first-order valence-corrected chi connectivity index (χ1v) is 7.31. The van der Waals surface area contributed by atoms with Crippen molar-refractivity contribution in [1.82, 2.24) is 4.57 Å². The minimum absolute atomic E-state index is 0.0303. The van der Waals surface area contributed by atoms with E-state index in [9.17, 15) is 9.59 Å². The quantitative estimate of drug-likeness (QED) is 0.882. The van der Waals surface area contributed by atoms with Crippen molar-refractivity contribution in [2.75, 3.05) is 24.4 Å². The lowest BCUT2D eigenvalue weighted by molar-refractivity contribution is -0.119. The van der Waals surface area contributed by atoms with E-state index in [2.05, 4.69) is 10.6 Å². The number of benzene rings is 1. The van der Waals surface area contributed by atoms with E-state index in [1.807, 2.05) is 13.0 Å². The Kier molecular flexibility index (Phi) is 5.41. The van der Waals surface area contributed by atoms with Crippen molar-refractivity contribution in [2.24, 2.45) is 7.05 Å². The van der Waals surface area contributed by atoms with Crippen LogP contribution in [0.2, 0.25) is 5.02 Å². The summed E-state index contributed by atoms with van der Waals surface area (Å²) >= 11 is 5.90. The first-order valence-electron chi connectivity index (χ1n) is 6.93. The van der Waals surface area contributed by atoms with Gasteiger partial charge in [-0.2, -0.15) is 0 Å². The van der Waals surface area contributed by atoms with Crippen LogP contribution in [0.5, 0.6) is 0 Å². The van der Waals surface area contributed by atoms with Gasteiger partial charge in [-0.05, 0) is 30.7 Å². The smallest absolute Gasteiger partial charge is 0.272 e. The number of amides is 2. The van der Waals surface area contributed by atoms with Crippen molar-refractivity contribution >= 4 is 34.8 Å². The molecule has 23 heavy (non-hydrogen) atoms. The van der Waals surface area contributed by atoms with E-state index < -0.39 is 0 Å². The van der Waals surface area contributed by atoms with Crippen LogP contribution in [-0.4, -0.2) is 30.1 Å². The van der Waals surface area contributed by atoms with E-state index in [4.69, 9.17) is 16.3 Å². The summed E-state index contributed by atoms with van der Waals surface area (Å²) in [5, 5.41) is 6.02. The standard InChI is InChI=1S/C16H18ClN3O3/c1-10-4-5-12(18-15(21)9-23-3)7-13(10)19-16(22)14-6-11(17)8-20(14)2/h4-8H,9H2,1-3H3,(H,18,21)(H,19,22). The van der Waals surface area contributed by atoms with Gasteiger partial charge in [-0.25, -0.2) is 0 Å². The highest BCUT2D eigenvalue weighted by Crippen LogP contribution is 2.22. The molecule has 0 radical (unpaired) electrons. The number of nitrogens with zero attached hydrogens (tertiary/aromatic N) is 1. The summed E-state index contributed by atoms with van der Waals surface area (Å²) in [5.41, 5.74) is 2.52. The van der Waals surface area contributed by atoms with Gasteiger partial charge in [0.15, 0.2) is 0 Å². The Labute approximate surface area is 139 Å². The molecule has 2 amide bonds. The third kappa shape index (κ3) is 4.34. The first-order chi connectivity index (χ1) is 10.9. The number of nitrogens with one attached hydrogen (secondary N) is 2. The molecule has 122 valence electrons. The molecule has 0 bridgehead atoms. The normalized spacial score (nSPS) is 10.4. The van der Waals surface area contributed by atoms with E-state index in [0.29, 0.717) is 22.1 Å². The van der Waals surface area contributed by atoms with E-state index in [1.165, 1.54) is 7.11 Å². The number of hydrogen-bond donors (Lipinski definition) is 2. The average molecular weight is 336 g/mol. The van der Waals surface area contributed by atoms with Gasteiger partial charge in [-0.1, -0.05) is 17.7 Å². The molecule has 1 heterocycles. The zero-order chi connectivity index (χ0) is 17.0. The predicted molar refractivity (Wildman–Crippen MR) is 90.1 cm³/mol. The molecule has 0 atom stereocenters. The van der Waals surface area contributed by atoms with Crippen LogP contribution in [0, 0.1) is 6.92 Å². The molecule has 0 saturated carbocycles. The highest BCUT2D eigenvalue weighted by atomic mass is 35.5. The third-order valence-electron chi connectivity index (χ3n) is 3.25. The molecule has 0 aliphatic heterocycles. The summed E-state index contributed by atoms with van der Waals surface area (Å²) in [7, 11) is 3.19. The Hall–Kier alpha value is -2.31. The lowest BCUT2D eigenvalue weighted by atomic mass is 10.1. The molecule has 1 aromatic carbocycles. The number of ether oxygens (including phenoxy) is 1. The Morgan fingerprint density at radius 1 is 1.26 bits per heavy atom. The molecule has 0 fully saturated rings. The van der Waals surface area contributed by atoms with Gasteiger partial charge in [0.25, 0.3) is 5.91 Å². The van der Waals surface area contributed by atoms with Crippen LogP contribution < -0.4 is 10.6 Å². The molecular weight excluding hydrogens is 318 g/mol. The van der Waals surface area contributed by atoms with Crippen LogP contribution in [0.1, 0.15) is 16.1 Å². The van der Waals surface area contributed by atoms with Crippen molar-refractivity contribution in [3.63, 3.8) is 0 Å². The summed E-state index contributed by atoms with van der Waals surface area (Å²) in [6.07, 6.45) is 1.66. The maximum Gasteiger partial charge on any atom is 0.272 e. The Bertz CT molecular complexity index is 740. The Balaban J connectivity index is 2.17. The minimum Gasteiger partial charge on any atom is -0.375 e. The Morgan fingerprint density at radius 3 is 2.61 bits per heavy atom. The summed E-state index contributed by atoms with van der Waals surface area (Å²) in [6.45, 7) is 1.84. The molecular formula is C16H18ClN3O3. The number of halogens is 1. The second-order valence-corrected chi connectivity index (χ2v) is 5.56. The van der Waals surface area contributed by atoms with Crippen molar-refractivity contribution in [2.45, 2.75) is 6.92 Å². The topological polar surface area (TPSA) is 72.4 Å². The van der Waals surface area contributed by atoms with Gasteiger partial charge in [0.2, 0.25) is 5.91 Å². The minimum atomic E-state index is -0.275. The van der Waals surface area contributed by atoms with Crippen molar-refractivity contribution in [1.29, 1.82) is 0 Å². The van der Waals surface area contributed by atoms with Gasteiger partial charge >= 0.3 is 0 Å². The van der Waals surface area contributed by atoms with Crippen LogP contribution in [0.25, 0.3) is 0 Å². The van der Waals surface area contributed by atoms with Crippen molar-refractivity contribution in [3.8, 4) is 0 Å². The number of aryl methyl sites for hydroxylation is 2. The van der Waals surface area contributed by atoms with Crippen molar-refractivity contribution in [3.05, 3.63) is 46.7 Å². The molecule has 0 aliphatic carbocycles. The van der Waals surface area contributed by atoms with E-state index in [-0.39, 0.29) is 18.4 Å². The lowest BCUT2D eigenvalue weighted by Crippen LogP contribution is -2.18. The van der Waals surface area contributed by atoms with Gasteiger partial charge in [-0.15, -0.1) is 0 Å². The molecule has 2 aromatic rings. The maximum atomic E-state index is 12.3. The van der Waals surface area contributed by atoms with Crippen LogP contribution in [0.3, 0.4) is 0 Å². The molecule has 1 aromatic heterocycles. The monoisotopic (exact) mass is 335 g/mol. The number of rotatable bonds is 5. The first kappa shape index (κ1) is 17.1.